The Hall–Kier alpha value is -1.30. The molecule has 1 aliphatic carbocycles. The van der Waals surface area contributed by atoms with Crippen molar-refractivity contribution >= 4 is 12.0 Å². The predicted octanol–water partition coefficient (Wildman–Crippen LogP) is 0.112. The Morgan fingerprint density at radius 3 is 2.53 bits per heavy atom. The number of carbonyl (C=O) groups excluding carboxylic acids is 1. The van der Waals surface area contributed by atoms with E-state index in [9.17, 15) is 14.7 Å². The van der Waals surface area contributed by atoms with Crippen molar-refractivity contribution in [3.8, 4) is 0 Å². The number of piperidine rings is 1. The van der Waals surface area contributed by atoms with Crippen LogP contribution in [0.4, 0.5) is 4.79 Å². The third-order valence-corrected chi connectivity index (χ3v) is 3.21. The molecule has 0 bridgehead atoms. The Balaban J connectivity index is 1.97. The van der Waals surface area contributed by atoms with E-state index in [2.05, 4.69) is 0 Å². The first kappa shape index (κ1) is 12.2. The van der Waals surface area contributed by atoms with Crippen LogP contribution >= 0.6 is 0 Å². The van der Waals surface area contributed by atoms with Gasteiger partial charge in [-0.1, -0.05) is 0 Å². The average Bonchev–Trinajstić information content (AvgIpc) is 3.08. The van der Waals surface area contributed by atoms with E-state index in [0.717, 1.165) is 19.3 Å². The number of aliphatic hydroxyl groups is 1. The van der Waals surface area contributed by atoms with Crippen molar-refractivity contribution in [2.75, 3.05) is 19.6 Å². The van der Waals surface area contributed by atoms with Crippen molar-refractivity contribution in [3.05, 3.63) is 0 Å². The van der Waals surface area contributed by atoms with Gasteiger partial charge in [0.1, 0.15) is 6.54 Å². The first-order valence-corrected chi connectivity index (χ1v) is 6.03. The van der Waals surface area contributed by atoms with E-state index in [1.165, 1.54) is 4.90 Å². The zero-order valence-electron chi connectivity index (χ0n) is 9.71. The van der Waals surface area contributed by atoms with Gasteiger partial charge < -0.3 is 20.0 Å². The summed E-state index contributed by atoms with van der Waals surface area (Å²) in [7, 11) is 0. The number of β-amino-alcohol motifs (C(OH)–C–C–N with tert-alkyl or cyclic N) is 1. The van der Waals surface area contributed by atoms with Gasteiger partial charge >= 0.3 is 12.0 Å². The largest absolute Gasteiger partial charge is 0.480 e. The Kier molecular flexibility index (Phi) is 3.51. The van der Waals surface area contributed by atoms with Crippen molar-refractivity contribution in [2.24, 2.45) is 0 Å². The fourth-order valence-electron chi connectivity index (χ4n) is 2.19. The highest BCUT2D eigenvalue weighted by Gasteiger charge is 2.37. The predicted molar refractivity (Wildman–Crippen MR) is 59.6 cm³/mol. The summed E-state index contributed by atoms with van der Waals surface area (Å²) < 4.78 is 0. The fourth-order valence-corrected chi connectivity index (χ4v) is 2.19. The van der Waals surface area contributed by atoms with E-state index in [1.54, 1.807) is 4.90 Å². The first-order chi connectivity index (χ1) is 8.08. The van der Waals surface area contributed by atoms with Crippen LogP contribution < -0.4 is 0 Å². The molecule has 17 heavy (non-hydrogen) atoms. The molecule has 2 rings (SSSR count). The second-order valence-electron chi connectivity index (χ2n) is 4.78. The lowest BCUT2D eigenvalue weighted by Crippen LogP contribution is -2.50. The Morgan fingerprint density at radius 1 is 1.29 bits per heavy atom. The summed E-state index contributed by atoms with van der Waals surface area (Å²) in [4.78, 5) is 25.9. The highest BCUT2D eigenvalue weighted by atomic mass is 16.4. The third kappa shape index (κ3) is 3.09. The number of aliphatic carboxylic acids is 1. The summed E-state index contributed by atoms with van der Waals surface area (Å²) in [5, 5.41) is 18.3. The molecule has 2 amide bonds. The van der Waals surface area contributed by atoms with Crippen LogP contribution in [0.2, 0.25) is 0 Å². The molecular weight excluding hydrogens is 224 g/mol. The summed E-state index contributed by atoms with van der Waals surface area (Å²) in [5.41, 5.74) is 0. The topological polar surface area (TPSA) is 81.1 Å². The van der Waals surface area contributed by atoms with E-state index >= 15 is 0 Å². The summed E-state index contributed by atoms with van der Waals surface area (Å²) >= 11 is 0. The van der Waals surface area contributed by atoms with Crippen LogP contribution in [0, 0.1) is 0 Å². The smallest absolute Gasteiger partial charge is 0.323 e. The number of hydrogen-bond acceptors (Lipinski definition) is 3. The second-order valence-corrected chi connectivity index (χ2v) is 4.78. The van der Waals surface area contributed by atoms with Crippen molar-refractivity contribution in [1.29, 1.82) is 0 Å². The maximum Gasteiger partial charge on any atom is 0.323 e. The molecule has 1 atom stereocenters. The van der Waals surface area contributed by atoms with Gasteiger partial charge in [0.2, 0.25) is 0 Å². The Labute approximate surface area is 99.8 Å². The third-order valence-electron chi connectivity index (χ3n) is 3.21. The number of aliphatic hydroxyl groups excluding tert-OH is 1. The molecule has 1 saturated heterocycles. The lowest BCUT2D eigenvalue weighted by Gasteiger charge is -2.34. The first-order valence-electron chi connectivity index (χ1n) is 6.03. The minimum absolute atomic E-state index is 0.0812. The molecule has 0 spiro atoms. The van der Waals surface area contributed by atoms with E-state index in [4.69, 9.17) is 5.11 Å². The highest BCUT2D eigenvalue weighted by molar-refractivity contribution is 5.81. The molecule has 0 aromatic heterocycles. The number of carboxylic acid groups (broad SMARTS) is 1. The van der Waals surface area contributed by atoms with Crippen LogP contribution in [-0.2, 0) is 4.79 Å². The molecule has 6 heteroatoms. The number of urea groups is 1. The number of rotatable bonds is 3. The van der Waals surface area contributed by atoms with Gasteiger partial charge in [-0.05, 0) is 25.7 Å². The standard InChI is InChI=1S/C11H18N2O4/c14-9-2-1-5-12(6-9)11(17)13(7-10(15)16)8-3-4-8/h8-9,14H,1-7H2,(H,15,16). The minimum Gasteiger partial charge on any atom is -0.480 e. The fraction of sp³-hybridized carbons (Fsp3) is 0.818. The maximum atomic E-state index is 12.1. The molecule has 0 radical (unpaired) electrons. The van der Waals surface area contributed by atoms with Crippen molar-refractivity contribution < 1.29 is 19.8 Å². The Bertz CT molecular complexity index is 317. The van der Waals surface area contributed by atoms with Crippen LogP contribution in [0.25, 0.3) is 0 Å². The second kappa shape index (κ2) is 4.91. The number of likely N-dealkylation sites (tertiary alicyclic amines) is 1. The van der Waals surface area contributed by atoms with Crippen molar-refractivity contribution in [3.63, 3.8) is 0 Å². The maximum absolute atomic E-state index is 12.1. The number of hydrogen-bond donors (Lipinski definition) is 2. The lowest BCUT2D eigenvalue weighted by molar-refractivity contribution is -0.137. The number of carbonyl (C=O) groups is 2. The summed E-state index contributed by atoms with van der Waals surface area (Å²) in [6.45, 7) is 0.691. The van der Waals surface area contributed by atoms with E-state index in [-0.39, 0.29) is 18.6 Å². The molecule has 2 fully saturated rings. The van der Waals surface area contributed by atoms with Gasteiger partial charge in [0.15, 0.2) is 0 Å². The molecule has 1 heterocycles. The SMILES string of the molecule is O=C(O)CN(C(=O)N1CCCC(O)C1)C1CC1. The van der Waals surface area contributed by atoms with E-state index < -0.39 is 12.1 Å². The molecule has 96 valence electrons. The van der Waals surface area contributed by atoms with Gasteiger partial charge in [-0.15, -0.1) is 0 Å². The zero-order valence-corrected chi connectivity index (χ0v) is 9.71. The van der Waals surface area contributed by atoms with E-state index in [0.29, 0.717) is 19.5 Å². The van der Waals surface area contributed by atoms with Gasteiger partial charge in [0, 0.05) is 19.1 Å². The molecule has 2 aliphatic rings. The molecule has 1 saturated carbocycles. The number of amides is 2. The molecule has 1 aliphatic heterocycles. The van der Waals surface area contributed by atoms with Crippen molar-refractivity contribution in [1.82, 2.24) is 9.80 Å². The summed E-state index contributed by atoms with van der Waals surface area (Å²) in [5.74, 6) is -0.984. The molecule has 2 N–H and O–H groups in total. The van der Waals surface area contributed by atoms with Gasteiger partial charge in [-0.25, -0.2) is 4.79 Å². The monoisotopic (exact) mass is 242 g/mol. The number of nitrogens with zero attached hydrogens (tertiary/aromatic N) is 2. The van der Waals surface area contributed by atoms with Gasteiger partial charge in [-0.2, -0.15) is 0 Å². The number of carboxylic acids is 1. The van der Waals surface area contributed by atoms with Crippen LogP contribution in [0.1, 0.15) is 25.7 Å². The summed E-state index contributed by atoms with van der Waals surface area (Å²) in [6.07, 6.45) is 2.79. The van der Waals surface area contributed by atoms with Gasteiger partial charge in [-0.3, -0.25) is 4.79 Å². The van der Waals surface area contributed by atoms with Crippen molar-refractivity contribution in [2.45, 2.75) is 37.8 Å². The zero-order chi connectivity index (χ0) is 12.4. The lowest BCUT2D eigenvalue weighted by atomic mass is 10.1. The van der Waals surface area contributed by atoms with E-state index in [1.807, 2.05) is 0 Å². The summed E-state index contributed by atoms with van der Waals surface area (Å²) in [6, 6.07) is -0.161. The molecular formula is C11H18N2O4. The minimum atomic E-state index is -0.984. The normalized spacial score (nSPS) is 24.5. The van der Waals surface area contributed by atoms with Crippen LogP contribution in [0.15, 0.2) is 0 Å². The van der Waals surface area contributed by atoms with Crippen LogP contribution in [0.3, 0.4) is 0 Å². The highest BCUT2D eigenvalue weighted by Crippen LogP contribution is 2.28. The van der Waals surface area contributed by atoms with Crippen LogP contribution in [-0.4, -0.2) is 63.8 Å². The average molecular weight is 242 g/mol. The molecule has 0 aromatic carbocycles. The molecule has 6 nitrogen and oxygen atoms in total. The quantitative estimate of drug-likeness (QED) is 0.736. The van der Waals surface area contributed by atoms with Gasteiger partial charge in [0.05, 0.1) is 6.10 Å². The molecule has 0 aromatic rings. The van der Waals surface area contributed by atoms with Crippen LogP contribution in [0.5, 0.6) is 0 Å². The van der Waals surface area contributed by atoms with Gasteiger partial charge in [0.25, 0.3) is 0 Å². The molecule has 1 unspecified atom stereocenters. The Morgan fingerprint density at radius 2 is 2.00 bits per heavy atom.